The Morgan fingerprint density at radius 2 is 2.07 bits per heavy atom. The third kappa shape index (κ3) is 2.82. The van der Waals surface area contributed by atoms with E-state index in [0.717, 1.165) is 6.07 Å². The van der Waals surface area contributed by atoms with Gasteiger partial charge in [-0.05, 0) is 12.5 Å². The topological polar surface area (TPSA) is 38.9 Å². The van der Waals surface area contributed by atoms with Crippen LogP contribution in [-0.4, -0.2) is 4.98 Å². The molecule has 0 aromatic carbocycles. The second-order valence-corrected chi connectivity index (χ2v) is 3.45. The SMILES string of the molecule is CC[C@@H](N)c1ccc(C(F)(F)F)nc1Cl. The number of rotatable bonds is 2. The molecule has 0 bridgehead atoms. The first kappa shape index (κ1) is 12.3. The number of pyridine rings is 1. The van der Waals surface area contributed by atoms with Gasteiger partial charge in [0.2, 0.25) is 0 Å². The van der Waals surface area contributed by atoms with E-state index in [1.54, 1.807) is 0 Å². The van der Waals surface area contributed by atoms with E-state index in [9.17, 15) is 13.2 Å². The zero-order chi connectivity index (χ0) is 11.6. The molecule has 1 rings (SSSR count). The molecule has 0 radical (unpaired) electrons. The van der Waals surface area contributed by atoms with Gasteiger partial charge in [-0.3, -0.25) is 0 Å². The molecular formula is C9H10ClF3N2. The Bertz CT molecular complexity index is 352. The summed E-state index contributed by atoms with van der Waals surface area (Å²) in [4.78, 5) is 3.27. The van der Waals surface area contributed by atoms with Crippen molar-refractivity contribution in [2.24, 2.45) is 5.73 Å². The number of hydrogen-bond donors (Lipinski definition) is 1. The summed E-state index contributed by atoms with van der Waals surface area (Å²) in [7, 11) is 0. The number of nitrogens with two attached hydrogens (primary N) is 1. The Morgan fingerprint density at radius 3 is 2.47 bits per heavy atom. The van der Waals surface area contributed by atoms with E-state index in [2.05, 4.69) is 4.98 Å². The van der Waals surface area contributed by atoms with Crippen LogP contribution in [0.25, 0.3) is 0 Å². The molecule has 1 aromatic heterocycles. The lowest BCUT2D eigenvalue weighted by Gasteiger charge is -2.12. The molecule has 2 nitrogen and oxygen atoms in total. The Labute approximate surface area is 90.3 Å². The van der Waals surface area contributed by atoms with E-state index < -0.39 is 11.9 Å². The first-order valence-electron chi connectivity index (χ1n) is 4.35. The van der Waals surface area contributed by atoms with Gasteiger partial charge in [0, 0.05) is 11.6 Å². The maximum Gasteiger partial charge on any atom is 0.433 e. The molecule has 0 aliphatic rings. The highest BCUT2D eigenvalue weighted by Crippen LogP contribution is 2.30. The average Bonchev–Trinajstić information content (AvgIpc) is 2.15. The van der Waals surface area contributed by atoms with E-state index >= 15 is 0 Å². The molecular weight excluding hydrogens is 229 g/mol. The molecule has 0 unspecified atom stereocenters. The van der Waals surface area contributed by atoms with Crippen LogP contribution in [0.5, 0.6) is 0 Å². The maximum atomic E-state index is 12.2. The van der Waals surface area contributed by atoms with Gasteiger partial charge in [0.15, 0.2) is 0 Å². The zero-order valence-electron chi connectivity index (χ0n) is 7.98. The Hall–Kier alpha value is -0.810. The first-order chi connectivity index (χ1) is 6.86. The van der Waals surface area contributed by atoms with Crippen molar-refractivity contribution in [1.82, 2.24) is 4.98 Å². The monoisotopic (exact) mass is 238 g/mol. The number of hydrogen-bond acceptors (Lipinski definition) is 2. The minimum absolute atomic E-state index is 0.181. The van der Waals surface area contributed by atoms with E-state index in [4.69, 9.17) is 17.3 Å². The lowest BCUT2D eigenvalue weighted by Crippen LogP contribution is -2.13. The maximum absolute atomic E-state index is 12.2. The molecule has 0 saturated heterocycles. The standard InChI is InChI=1S/C9H10ClF3N2/c1-2-6(14)5-3-4-7(9(11,12)13)15-8(5)10/h3-4,6H,2,14H2,1H3/t6-/m1/s1. The summed E-state index contributed by atoms with van der Waals surface area (Å²) < 4.78 is 36.7. The lowest BCUT2D eigenvalue weighted by molar-refractivity contribution is -0.141. The zero-order valence-corrected chi connectivity index (χ0v) is 8.73. The van der Waals surface area contributed by atoms with Crippen molar-refractivity contribution >= 4 is 11.6 Å². The Kier molecular flexibility index (Phi) is 3.57. The fraction of sp³-hybridized carbons (Fsp3) is 0.444. The largest absolute Gasteiger partial charge is 0.433 e. The molecule has 0 aliphatic heterocycles. The van der Waals surface area contributed by atoms with Crippen molar-refractivity contribution in [3.8, 4) is 0 Å². The van der Waals surface area contributed by atoms with Gasteiger partial charge < -0.3 is 5.73 Å². The molecule has 0 fully saturated rings. The van der Waals surface area contributed by atoms with Gasteiger partial charge in [-0.25, -0.2) is 4.98 Å². The number of alkyl halides is 3. The molecule has 84 valence electrons. The number of nitrogens with zero attached hydrogens (tertiary/aromatic N) is 1. The third-order valence-corrected chi connectivity index (χ3v) is 2.31. The molecule has 0 aliphatic carbocycles. The summed E-state index contributed by atoms with van der Waals surface area (Å²) in [6.45, 7) is 1.82. The van der Waals surface area contributed by atoms with E-state index in [1.165, 1.54) is 6.07 Å². The molecule has 2 N–H and O–H groups in total. The van der Waals surface area contributed by atoms with Crippen LogP contribution in [0.15, 0.2) is 12.1 Å². The summed E-state index contributed by atoms with van der Waals surface area (Å²) in [6.07, 6.45) is -3.88. The quantitative estimate of drug-likeness (QED) is 0.804. The lowest BCUT2D eigenvalue weighted by atomic mass is 10.1. The van der Waals surface area contributed by atoms with E-state index in [0.29, 0.717) is 12.0 Å². The fourth-order valence-corrected chi connectivity index (χ4v) is 1.39. The Morgan fingerprint density at radius 1 is 1.47 bits per heavy atom. The van der Waals surface area contributed by atoms with Crippen molar-refractivity contribution in [2.45, 2.75) is 25.6 Å². The van der Waals surface area contributed by atoms with E-state index in [-0.39, 0.29) is 11.2 Å². The summed E-state index contributed by atoms with van der Waals surface area (Å²) in [5, 5.41) is -0.181. The smallest absolute Gasteiger partial charge is 0.324 e. The van der Waals surface area contributed by atoms with Crippen molar-refractivity contribution < 1.29 is 13.2 Å². The van der Waals surface area contributed by atoms with Gasteiger partial charge in [-0.1, -0.05) is 24.6 Å². The highest BCUT2D eigenvalue weighted by molar-refractivity contribution is 6.30. The summed E-state index contributed by atoms with van der Waals surface area (Å²) in [5.41, 5.74) is 5.09. The molecule has 0 spiro atoms. The highest BCUT2D eigenvalue weighted by Gasteiger charge is 2.33. The van der Waals surface area contributed by atoms with Crippen LogP contribution in [0, 0.1) is 0 Å². The van der Waals surface area contributed by atoms with E-state index in [1.807, 2.05) is 6.92 Å². The van der Waals surface area contributed by atoms with Gasteiger partial charge >= 0.3 is 6.18 Å². The van der Waals surface area contributed by atoms with Crippen LogP contribution in [0.2, 0.25) is 5.15 Å². The predicted molar refractivity (Wildman–Crippen MR) is 51.5 cm³/mol. The van der Waals surface area contributed by atoms with Gasteiger partial charge in [0.25, 0.3) is 0 Å². The van der Waals surface area contributed by atoms with Crippen LogP contribution in [-0.2, 0) is 6.18 Å². The number of aromatic nitrogens is 1. The third-order valence-electron chi connectivity index (χ3n) is 2.01. The van der Waals surface area contributed by atoms with Gasteiger partial charge in [-0.15, -0.1) is 0 Å². The van der Waals surface area contributed by atoms with Crippen molar-refractivity contribution in [2.75, 3.05) is 0 Å². The summed E-state index contributed by atoms with van der Waals surface area (Å²) in [5.74, 6) is 0. The van der Waals surface area contributed by atoms with Gasteiger partial charge in [-0.2, -0.15) is 13.2 Å². The molecule has 1 aromatic rings. The molecule has 1 heterocycles. The Balaban J connectivity index is 3.09. The second-order valence-electron chi connectivity index (χ2n) is 3.09. The van der Waals surface area contributed by atoms with Gasteiger partial charge in [0.05, 0.1) is 0 Å². The molecule has 1 atom stereocenters. The molecule has 0 saturated carbocycles. The second kappa shape index (κ2) is 4.37. The van der Waals surface area contributed by atoms with Gasteiger partial charge in [0.1, 0.15) is 10.8 Å². The molecule has 6 heteroatoms. The van der Waals surface area contributed by atoms with Crippen molar-refractivity contribution in [1.29, 1.82) is 0 Å². The average molecular weight is 239 g/mol. The van der Waals surface area contributed by atoms with Crippen LogP contribution >= 0.6 is 11.6 Å². The minimum Gasteiger partial charge on any atom is -0.324 e. The van der Waals surface area contributed by atoms with Crippen LogP contribution in [0.1, 0.15) is 30.6 Å². The normalized spacial score (nSPS) is 14.0. The molecule has 15 heavy (non-hydrogen) atoms. The molecule has 0 amide bonds. The minimum atomic E-state index is -4.47. The van der Waals surface area contributed by atoms with Crippen molar-refractivity contribution in [3.05, 3.63) is 28.5 Å². The first-order valence-corrected chi connectivity index (χ1v) is 4.73. The van der Waals surface area contributed by atoms with Crippen LogP contribution in [0.4, 0.5) is 13.2 Å². The van der Waals surface area contributed by atoms with Crippen LogP contribution < -0.4 is 5.73 Å². The predicted octanol–water partition coefficient (Wildman–Crippen LogP) is 3.16. The fourth-order valence-electron chi connectivity index (χ4n) is 1.10. The van der Waals surface area contributed by atoms with Crippen LogP contribution in [0.3, 0.4) is 0 Å². The highest BCUT2D eigenvalue weighted by atomic mass is 35.5. The summed E-state index contributed by atoms with van der Waals surface area (Å²) >= 11 is 5.62. The summed E-state index contributed by atoms with van der Waals surface area (Å²) in [6, 6.07) is 1.77. The number of halogens is 4. The van der Waals surface area contributed by atoms with Crippen molar-refractivity contribution in [3.63, 3.8) is 0 Å².